The lowest BCUT2D eigenvalue weighted by molar-refractivity contribution is 0.564. The number of rotatable bonds is 4. The monoisotopic (exact) mass is 312 g/mol. The molecular formula is C17H16N2O2S. The molecule has 0 saturated carbocycles. The molecule has 0 unspecified atom stereocenters. The van der Waals surface area contributed by atoms with Gasteiger partial charge in [0.1, 0.15) is 0 Å². The Morgan fingerprint density at radius 3 is 2.45 bits per heavy atom. The van der Waals surface area contributed by atoms with Gasteiger partial charge in [-0.1, -0.05) is 48.5 Å². The van der Waals surface area contributed by atoms with Crippen molar-refractivity contribution in [3.05, 3.63) is 72.4 Å². The number of sulfonamides is 1. The van der Waals surface area contributed by atoms with E-state index in [0.717, 1.165) is 16.3 Å². The molecule has 1 atom stereocenters. The lowest BCUT2D eigenvalue weighted by Crippen LogP contribution is -2.27. The van der Waals surface area contributed by atoms with Crippen LogP contribution in [0.15, 0.2) is 71.9 Å². The van der Waals surface area contributed by atoms with E-state index in [2.05, 4.69) is 9.71 Å². The molecule has 0 spiro atoms. The molecule has 0 amide bonds. The number of fused-ring (bicyclic) bond motifs is 1. The van der Waals surface area contributed by atoms with Crippen molar-refractivity contribution in [3.63, 3.8) is 0 Å². The van der Waals surface area contributed by atoms with E-state index in [1.54, 1.807) is 12.1 Å². The van der Waals surface area contributed by atoms with E-state index in [1.807, 2.05) is 49.4 Å². The molecule has 1 aromatic heterocycles. The second kappa shape index (κ2) is 5.87. The highest BCUT2D eigenvalue weighted by atomic mass is 32.2. The minimum Gasteiger partial charge on any atom is -0.243 e. The summed E-state index contributed by atoms with van der Waals surface area (Å²) < 4.78 is 27.4. The van der Waals surface area contributed by atoms with Gasteiger partial charge in [0, 0.05) is 12.2 Å². The van der Waals surface area contributed by atoms with Crippen LogP contribution < -0.4 is 4.72 Å². The maximum atomic E-state index is 12.4. The molecule has 0 radical (unpaired) electrons. The van der Waals surface area contributed by atoms with E-state index in [9.17, 15) is 8.42 Å². The van der Waals surface area contributed by atoms with Crippen LogP contribution in [0.4, 0.5) is 0 Å². The van der Waals surface area contributed by atoms with Crippen molar-refractivity contribution >= 4 is 20.8 Å². The van der Waals surface area contributed by atoms with Crippen LogP contribution in [0.3, 0.4) is 0 Å². The summed E-state index contributed by atoms with van der Waals surface area (Å²) in [5, 5.41) is 2.16. The maximum absolute atomic E-state index is 12.4. The van der Waals surface area contributed by atoms with Gasteiger partial charge >= 0.3 is 0 Å². The van der Waals surface area contributed by atoms with Gasteiger partial charge in [0.05, 0.1) is 0 Å². The molecule has 4 nitrogen and oxygen atoms in total. The molecular weight excluding hydrogens is 296 g/mol. The van der Waals surface area contributed by atoms with Crippen LogP contribution in [0, 0.1) is 0 Å². The fourth-order valence-electron chi connectivity index (χ4n) is 2.49. The molecule has 3 rings (SSSR count). The number of hydrogen-bond acceptors (Lipinski definition) is 3. The molecule has 0 aliphatic heterocycles. The van der Waals surface area contributed by atoms with Crippen molar-refractivity contribution in [1.29, 1.82) is 0 Å². The Morgan fingerprint density at radius 1 is 0.955 bits per heavy atom. The number of pyridine rings is 1. The average Bonchev–Trinajstić information content (AvgIpc) is 2.54. The smallest absolute Gasteiger partial charge is 0.243 e. The van der Waals surface area contributed by atoms with Crippen LogP contribution in [0.2, 0.25) is 0 Å². The molecule has 3 aromatic rings. The van der Waals surface area contributed by atoms with Gasteiger partial charge in [0.25, 0.3) is 10.0 Å². The molecule has 22 heavy (non-hydrogen) atoms. The first-order chi connectivity index (χ1) is 10.6. The van der Waals surface area contributed by atoms with Crippen molar-refractivity contribution in [2.75, 3.05) is 0 Å². The molecule has 0 aliphatic carbocycles. The summed E-state index contributed by atoms with van der Waals surface area (Å²) >= 11 is 0. The Kier molecular flexibility index (Phi) is 3.92. The first kappa shape index (κ1) is 14.7. The van der Waals surface area contributed by atoms with Gasteiger partial charge in [-0.25, -0.2) is 18.1 Å². The largest absolute Gasteiger partial charge is 0.258 e. The summed E-state index contributed by atoms with van der Waals surface area (Å²) in [6.07, 6.45) is 1.47. The molecule has 1 N–H and O–H groups in total. The van der Waals surface area contributed by atoms with Crippen LogP contribution >= 0.6 is 0 Å². The number of aromatic nitrogens is 1. The van der Waals surface area contributed by atoms with Crippen LogP contribution in [0.5, 0.6) is 0 Å². The fraction of sp³-hybridized carbons (Fsp3) is 0.118. The van der Waals surface area contributed by atoms with Crippen molar-refractivity contribution in [2.24, 2.45) is 0 Å². The zero-order valence-electron chi connectivity index (χ0n) is 12.1. The van der Waals surface area contributed by atoms with Crippen molar-refractivity contribution < 1.29 is 8.42 Å². The quantitative estimate of drug-likeness (QED) is 0.804. The van der Waals surface area contributed by atoms with Crippen molar-refractivity contribution in [2.45, 2.75) is 18.0 Å². The molecule has 112 valence electrons. The Bertz CT molecular complexity index is 887. The van der Waals surface area contributed by atoms with Gasteiger partial charge in [-0.05, 0) is 35.4 Å². The molecule has 5 heteroatoms. The van der Waals surface area contributed by atoms with Gasteiger partial charge in [-0.2, -0.15) is 0 Å². The second-order valence-corrected chi connectivity index (χ2v) is 6.74. The summed E-state index contributed by atoms with van der Waals surface area (Å²) in [7, 11) is -3.64. The van der Waals surface area contributed by atoms with E-state index in [1.165, 1.54) is 12.3 Å². The predicted octanol–water partition coefficient (Wildman–Crippen LogP) is 3.27. The Morgan fingerprint density at radius 2 is 1.68 bits per heavy atom. The molecule has 0 aliphatic rings. The van der Waals surface area contributed by atoms with E-state index in [4.69, 9.17) is 0 Å². The standard InChI is InChI=1S/C17H16N2O2S/c1-13(19-22(20,21)17-11-4-5-12-18-17)15-10-6-8-14-7-2-3-9-16(14)15/h2-13,19H,1H3/t13-/m1/s1. The number of nitrogens with zero attached hydrogens (tertiary/aromatic N) is 1. The molecule has 0 bridgehead atoms. The Labute approximate surface area is 129 Å². The minimum absolute atomic E-state index is 0.0297. The van der Waals surface area contributed by atoms with E-state index < -0.39 is 10.0 Å². The van der Waals surface area contributed by atoms with Crippen LogP contribution in [-0.4, -0.2) is 13.4 Å². The van der Waals surface area contributed by atoms with E-state index in [-0.39, 0.29) is 11.1 Å². The number of hydrogen-bond donors (Lipinski definition) is 1. The number of nitrogens with one attached hydrogen (secondary N) is 1. The fourth-order valence-corrected chi connectivity index (χ4v) is 3.66. The second-order valence-electron chi connectivity index (χ2n) is 5.08. The minimum atomic E-state index is -3.64. The first-order valence-corrected chi connectivity index (χ1v) is 8.47. The lowest BCUT2D eigenvalue weighted by atomic mass is 10.0. The van der Waals surface area contributed by atoms with Gasteiger partial charge in [0.15, 0.2) is 5.03 Å². The summed E-state index contributed by atoms with van der Waals surface area (Å²) in [5.41, 5.74) is 0.942. The zero-order valence-corrected chi connectivity index (χ0v) is 12.9. The maximum Gasteiger partial charge on any atom is 0.258 e. The van der Waals surface area contributed by atoms with Gasteiger partial charge < -0.3 is 0 Å². The predicted molar refractivity (Wildman–Crippen MR) is 86.9 cm³/mol. The SMILES string of the molecule is C[C@@H](NS(=O)(=O)c1ccccn1)c1cccc2ccccc12. The highest BCUT2D eigenvalue weighted by molar-refractivity contribution is 7.89. The number of benzene rings is 2. The lowest BCUT2D eigenvalue weighted by Gasteiger charge is -2.16. The van der Waals surface area contributed by atoms with Gasteiger partial charge in [-0.3, -0.25) is 0 Å². The van der Waals surface area contributed by atoms with Crippen LogP contribution in [-0.2, 0) is 10.0 Å². The third-order valence-electron chi connectivity index (χ3n) is 3.53. The summed E-state index contributed by atoms with van der Waals surface area (Å²) in [6, 6.07) is 18.3. The summed E-state index contributed by atoms with van der Waals surface area (Å²) in [6.45, 7) is 1.84. The summed E-state index contributed by atoms with van der Waals surface area (Å²) in [4.78, 5) is 3.91. The van der Waals surface area contributed by atoms with Crippen molar-refractivity contribution in [1.82, 2.24) is 9.71 Å². The molecule has 0 saturated heterocycles. The van der Waals surface area contributed by atoms with E-state index in [0.29, 0.717) is 0 Å². The average molecular weight is 312 g/mol. The van der Waals surface area contributed by atoms with Crippen LogP contribution in [0.25, 0.3) is 10.8 Å². The zero-order chi connectivity index (χ0) is 15.6. The molecule has 2 aromatic carbocycles. The van der Waals surface area contributed by atoms with Crippen LogP contribution in [0.1, 0.15) is 18.5 Å². The Hall–Kier alpha value is -2.24. The highest BCUT2D eigenvalue weighted by Crippen LogP contribution is 2.25. The van der Waals surface area contributed by atoms with Gasteiger partial charge in [0.2, 0.25) is 0 Å². The normalized spacial score (nSPS) is 13.1. The molecule has 0 fully saturated rings. The van der Waals surface area contributed by atoms with Gasteiger partial charge in [-0.15, -0.1) is 0 Å². The third kappa shape index (κ3) is 2.86. The summed E-state index contributed by atoms with van der Waals surface area (Å²) in [5.74, 6) is 0. The third-order valence-corrected chi connectivity index (χ3v) is 4.99. The van der Waals surface area contributed by atoms with E-state index >= 15 is 0 Å². The highest BCUT2D eigenvalue weighted by Gasteiger charge is 2.20. The first-order valence-electron chi connectivity index (χ1n) is 6.99. The molecule has 1 heterocycles. The topological polar surface area (TPSA) is 59.1 Å². The van der Waals surface area contributed by atoms with Crippen molar-refractivity contribution in [3.8, 4) is 0 Å². The Balaban J connectivity index is 1.96.